The molecule has 1 unspecified atom stereocenters. The Labute approximate surface area is 112 Å². The molecule has 0 aliphatic rings. The van der Waals surface area contributed by atoms with Crippen LogP contribution in [-0.2, 0) is 6.42 Å². The van der Waals surface area contributed by atoms with Crippen LogP contribution in [-0.4, -0.2) is 4.98 Å². The summed E-state index contributed by atoms with van der Waals surface area (Å²) in [5.41, 5.74) is 8.46. The Morgan fingerprint density at radius 3 is 2.75 bits per heavy atom. The molecule has 0 amide bonds. The maximum absolute atomic E-state index is 6.15. The van der Waals surface area contributed by atoms with E-state index >= 15 is 0 Å². The summed E-state index contributed by atoms with van der Waals surface area (Å²) in [6.07, 6.45) is 0.822. The largest absolute Gasteiger partial charge is 0.324 e. The maximum Gasteiger partial charge on any atom is 0.0949 e. The number of hydrogen-bond donors (Lipinski definition) is 1. The average molecular weight is 317 g/mol. The van der Waals surface area contributed by atoms with Gasteiger partial charge in [0.05, 0.1) is 14.5 Å². The van der Waals surface area contributed by atoms with Crippen LogP contribution in [0.2, 0.25) is 0 Å². The van der Waals surface area contributed by atoms with Crippen LogP contribution in [0, 0.1) is 13.8 Å². The monoisotopic (exact) mass is 316 g/mol. The van der Waals surface area contributed by atoms with E-state index in [4.69, 9.17) is 5.73 Å². The minimum absolute atomic E-state index is 0.0486. The third kappa shape index (κ3) is 2.71. The number of nitrogens with two attached hydrogens (primary N) is 1. The number of rotatable bonds is 3. The predicted octanol–water partition coefficient (Wildman–Crippen LogP) is 3.83. The molecular weight excluding hydrogens is 304 g/mol. The summed E-state index contributed by atoms with van der Waals surface area (Å²) in [5, 5.41) is 3.23. The van der Waals surface area contributed by atoms with Gasteiger partial charge in [-0.1, -0.05) is 0 Å². The first-order valence-electron chi connectivity index (χ1n) is 4.98. The fourth-order valence-corrected chi connectivity index (χ4v) is 3.68. The molecule has 2 rings (SSSR count). The van der Waals surface area contributed by atoms with Gasteiger partial charge in [-0.3, -0.25) is 0 Å². The molecule has 2 aromatic rings. The molecule has 2 N–H and O–H groups in total. The molecule has 0 saturated heterocycles. The van der Waals surface area contributed by atoms with Crippen molar-refractivity contribution in [1.29, 1.82) is 0 Å². The van der Waals surface area contributed by atoms with E-state index in [1.165, 1.54) is 10.4 Å². The zero-order valence-corrected chi connectivity index (χ0v) is 12.4. The highest BCUT2D eigenvalue weighted by Crippen LogP contribution is 2.27. The van der Waals surface area contributed by atoms with E-state index < -0.39 is 0 Å². The van der Waals surface area contributed by atoms with Gasteiger partial charge >= 0.3 is 0 Å². The Bertz CT molecular complexity index is 470. The lowest BCUT2D eigenvalue weighted by atomic mass is 10.1. The van der Waals surface area contributed by atoms with Crippen molar-refractivity contribution in [3.05, 3.63) is 36.4 Å². The molecule has 16 heavy (non-hydrogen) atoms. The lowest BCUT2D eigenvalue weighted by Gasteiger charge is -2.06. The van der Waals surface area contributed by atoms with E-state index in [1.807, 2.05) is 6.92 Å². The van der Waals surface area contributed by atoms with Crippen molar-refractivity contribution in [2.75, 3.05) is 0 Å². The Morgan fingerprint density at radius 1 is 1.50 bits per heavy atom. The standard InChI is InChI=1S/C11H13BrN2S2/c1-6-7(2)16-11(14-6)4-9(13)8-3-10(12)15-5-8/h3,5,9H,4,13H2,1-2H3. The minimum Gasteiger partial charge on any atom is -0.324 e. The Morgan fingerprint density at radius 2 is 2.25 bits per heavy atom. The summed E-state index contributed by atoms with van der Waals surface area (Å²) in [5.74, 6) is 0. The zero-order chi connectivity index (χ0) is 11.7. The number of hydrogen-bond acceptors (Lipinski definition) is 4. The third-order valence-electron chi connectivity index (χ3n) is 2.48. The van der Waals surface area contributed by atoms with Gasteiger partial charge in [-0.15, -0.1) is 22.7 Å². The van der Waals surface area contributed by atoms with Crippen LogP contribution in [0.1, 0.15) is 27.2 Å². The molecule has 2 aromatic heterocycles. The minimum atomic E-state index is 0.0486. The van der Waals surface area contributed by atoms with E-state index in [-0.39, 0.29) is 6.04 Å². The molecule has 0 spiro atoms. The summed E-state index contributed by atoms with van der Waals surface area (Å²) in [6.45, 7) is 4.14. The van der Waals surface area contributed by atoms with Crippen molar-refractivity contribution < 1.29 is 0 Å². The molecule has 1 atom stereocenters. The molecule has 0 saturated carbocycles. The number of thiazole rings is 1. The van der Waals surface area contributed by atoms with Gasteiger partial charge in [-0.05, 0) is 46.8 Å². The van der Waals surface area contributed by atoms with Crippen molar-refractivity contribution >= 4 is 38.6 Å². The first-order chi connectivity index (χ1) is 7.56. The lowest BCUT2D eigenvalue weighted by Crippen LogP contribution is -2.12. The van der Waals surface area contributed by atoms with Crippen molar-refractivity contribution in [2.24, 2.45) is 5.73 Å². The van der Waals surface area contributed by atoms with Gasteiger partial charge in [0.25, 0.3) is 0 Å². The van der Waals surface area contributed by atoms with E-state index in [9.17, 15) is 0 Å². The fourth-order valence-electron chi connectivity index (χ4n) is 1.45. The molecule has 2 nitrogen and oxygen atoms in total. The fraction of sp³-hybridized carbons (Fsp3) is 0.364. The van der Waals surface area contributed by atoms with Crippen molar-refractivity contribution in [2.45, 2.75) is 26.3 Å². The number of aromatic nitrogens is 1. The van der Waals surface area contributed by atoms with Crippen LogP contribution in [0.5, 0.6) is 0 Å². The van der Waals surface area contributed by atoms with Crippen LogP contribution in [0.25, 0.3) is 0 Å². The molecule has 0 fully saturated rings. The number of thiophene rings is 1. The summed E-state index contributed by atoms with van der Waals surface area (Å²) in [7, 11) is 0. The Kier molecular flexibility index (Phi) is 3.79. The first-order valence-corrected chi connectivity index (χ1v) is 7.47. The van der Waals surface area contributed by atoms with Gasteiger partial charge in [0.2, 0.25) is 0 Å². The molecule has 2 heterocycles. The van der Waals surface area contributed by atoms with E-state index in [0.717, 1.165) is 20.9 Å². The molecule has 0 radical (unpaired) electrons. The molecule has 0 bridgehead atoms. The second kappa shape index (κ2) is 4.96. The van der Waals surface area contributed by atoms with Gasteiger partial charge in [0, 0.05) is 17.3 Å². The van der Waals surface area contributed by atoms with Gasteiger partial charge < -0.3 is 5.73 Å². The van der Waals surface area contributed by atoms with Crippen LogP contribution in [0.3, 0.4) is 0 Å². The van der Waals surface area contributed by atoms with Crippen LogP contribution in [0.4, 0.5) is 0 Å². The normalized spacial score (nSPS) is 13.0. The zero-order valence-electron chi connectivity index (χ0n) is 9.16. The quantitative estimate of drug-likeness (QED) is 0.934. The predicted molar refractivity (Wildman–Crippen MR) is 74.2 cm³/mol. The van der Waals surface area contributed by atoms with Gasteiger partial charge in [-0.25, -0.2) is 4.98 Å². The second-order valence-electron chi connectivity index (χ2n) is 3.74. The highest BCUT2D eigenvalue weighted by atomic mass is 79.9. The first kappa shape index (κ1) is 12.2. The second-order valence-corrected chi connectivity index (χ2v) is 7.32. The topological polar surface area (TPSA) is 38.9 Å². The molecule has 0 aromatic carbocycles. The number of aryl methyl sites for hydroxylation is 2. The molecule has 86 valence electrons. The Balaban J connectivity index is 2.10. The van der Waals surface area contributed by atoms with Crippen LogP contribution in [0.15, 0.2) is 15.2 Å². The number of halogens is 1. The van der Waals surface area contributed by atoms with Crippen molar-refractivity contribution in [3.63, 3.8) is 0 Å². The van der Waals surface area contributed by atoms with Gasteiger partial charge in [-0.2, -0.15) is 0 Å². The molecule has 5 heteroatoms. The molecule has 0 aliphatic carbocycles. The van der Waals surface area contributed by atoms with E-state index in [2.05, 4.69) is 39.3 Å². The van der Waals surface area contributed by atoms with E-state index in [0.29, 0.717) is 0 Å². The van der Waals surface area contributed by atoms with Crippen LogP contribution >= 0.6 is 38.6 Å². The smallest absolute Gasteiger partial charge is 0.0949 e. The summed E-state index contributed by atoms with van der Waals surface area (Å²) in [4.78, 5) is 5.80. The highest BCUT2D eigenvalue weighted by Gasteiger charge is 2.12. The van der Waals surface area contributed by atoms with Crippen molar-refractivity contribution in [3.8, 4) is 0 Å². The van der Waals surface area contributed by atoms with Crippen molar-refractivity contribution in [1.82, 2.24) is 4.98 Å². The van der Waals surface area contributed by atoms with Gasteiger partial charge in [0.1, 0.15) is 0 Å². The lowest BCUT2D eigenvalue weighted by molar-refractivity contribution is 0.719. The maximum atomic E-state index is 6.15. The molecule has 0 aliphatic heterocycles. The third-order valence-corrected chi connectivity index (χ3v) is 5.10. The van der Waals surface area contributed by atoms with Crippen LogP contribution < -0.4 is 5.73 Å². The van der Waals surface area contributed by atoms with Gasteiger partial charge in [0.15, 0.2) is 0 Å². The highest BCUT2D eigenvalue weighted by molar-refractivity contribution is 9.11. The average Bonchev–Trinajstić information content (AvgIpc) is 2.75. The number of nitrogens with zero attached hydrogens (tertiary/aromatic N) is 1. The SMILES string of the molecule is Cc1nc(CC(N)c2csc(Br)c2)sc1C. The van der Waals surface area contributed by atoms with E-state index in [1.54, 1.807) is 22.7 Å². The molecular formula is C11H13BrN2S2. The summed E-state index contributed by atoms with van der Waals surface area (Å²) < 4.78 is 1.13. The summed E-state index contributed by atoms with van der Waals surface area (Å²) >= 11 is 6.87. The Hall–Kier alpha value is -0.230. The summed E-state index contributed by atoms with van der Waals surface area (Å²) in [6, 6.07) is 2.13.